The fourth-order valence-corrected chi connectivity index (χ4v) is 1.06. The molecule has 17 heavy (non-hydrogen) atoms. The molecule has 0 saturated carbocycles. The van der Waals surface area contributed by atoms with Crippen LogP contribution in [0.3, 0.4) is 0 Å². The molecule has 0 aliphatic rings. The van der Waals surface area contributed by atoms with Crippen molar-refractivity contribution in [1.82, 2.24) is 15.1 Å². The van der Waals surface area contributed by atoms with Gasteiger partial charge >= 0.3 is 5.97 Å². The highest BCUT2D eigenvalue weighted by atomic mass is 16.4. The Labute approximate surface area is 98.5 Å². The second-order valence-corrected chi connectivity index (χ2v) is 3.57. The molecule has 0 atom stereocenters. The van der Waals surface area contributed by atoms with Crippen molar-refractivity contribution in [2.45, 2.75) is 6.42 Å². The summed E-state index contributed by atoms with van der Waals surface area (Å²) >= 11 is 0. The molecule has 1 aromatic rings. The number of nitrogens with zero attached hydrogens (tertiary/aromatic N) is 3. The standard InChI is InChI=1S/C10H14N4O3/c1-14(2)9(15)5-6-11-8-4-3-7(10(16)17)12-13-8/h3-4H,5-6H2,1-2H3,(H,11,13)(H,16,17). The zero-order valence-corrected chi connectivity index (χ0v) is 9.67. The second-order valence-electron chi connectivity index (χ2n) is 3.57. The lowest BCUT2D eigenvalue weighted by atomic mass is 10.3. The summed E-state index contributed by atoms with van der Waals surface area (Å²) < 4.78 is 0. The van der Waals surface area contributed by atoms with E-state index in [2.05, 4.69) is 15.5 Å². The van der Waals surface area contributed by atoms with Crippen LogP contribution in [0.5, 0.6) is 0 Å². The first-order valence-electron chi connectivity index (χ1n) is 5.01. The van der Waals surface area contributed by atoms with Gasteiger partial charge in [-0.25, -0.2) is 4.79 Å². The highest BCUT2D eigenvalue weighted by Gasteiger charge is 2.06. The first-order valence-corrected chi connectivity index (χ1v) is 5.01. The van der Waals surface area contributed by atoms with Crippen LogP contribution in [0, 0.1) is 0 Å². The van der Waals surface area contributed by atoms with Crippen molar-refractivity contribution < 1.29 is 14.7 Å². The van der Waals surface area contributed by atoms with Gasteiger partial charge in [-0.05, 0) is 12.1 Å². The van der Waals surface area contributed by atoms with Crippen molar-refractivity contribution in [1.29, 1.82) is 0 Å². The van der Waals surface area contributed by atoms with Gasteiger partial charge in [0.05, 0.1) is 0 Å². The number of carboxylic acid groups (broad SMARTS) is 1. The molecule has 0 aliphatic heterocycles. The first kappa shape index (κ1) is 12.9. The van der Waals surface area contributed by atoms with E-state index in [9.17, 15) is 9.59 Å². The number of aromatic carboxylic acids is 1. The molecule has 1 rings (SSSR count). The Hall–Kier alpha value is -2.18. The zero-order valence-electron chi connectivity index (χ0n) is 9.67. The maximum atomic E-state index is 11.2. The molecule has 1 heterocycles. The number of hydrogen-bond acceptors (Lipinski definition) is 5. The maximum absolute atomic E-state index is 11.2. The van der Waals surface area contributed by atoms with E-state index in [1.54, 1.807) is 14.1 Å². The summed E-state index contributed by atoms with van der Waals surface area (Å²) in [6.07, 6.45) is 0.343. The van der Waals surface area contributed by atoms with Gasteiger partial charge in [0.1, 0.15) is 5.82 Å². The summed E-state index contributed by atoms with van der Waals surface area (Å²) in [4.78, 5) is 23.3. The van der Waals surface area contributed by atoms with Gasteiger partial charge in [0.2, 0.25) is 5.91 Å². The van der Waals surface area contributed by atoms with Crippen molar-refractivity contribution in [2.24, 2.45) is 0 Å². The van der Waals surface area contributed by atoms with E-state index >= 15 is 0 Å². The first-order chi connectivity index (χ1) is 8.00. The number of hydrogen-bond donors (Lipinski definition) is 2. The van der Waals surface area contributed by atoms with Crippen LogP contribution in [0.25, 0.3) is 0 Å². The summed E-state index contributed by atoms with van der Waals surface area (Å²) in [5, 5.41) is 18.7. The van der Waals surface area contributed by atoms with Gasteiger partial charge in [-0.2, -0.15) is 0 Å². The molecule has 0 aromatic carbocycles. The van der Waals surface area contributed by atoms with Crippen LogP contribution in [-0.2, 0) is 4.79 Å². The maximum Gasteiger partial charge on any atom is 0.356 e. The lowest BCUT2D eigenvalue weighted by Crippen LogP contribution is -2.24. The fraction of sp³-hybridized carbons (Fsp3) is 0.400. The van der Waals surface area contributed by atoms with Crippen LogP contribution in [0.15, 0.2) is 12.1 Å². The summed E-state index contributed by atoms with van der Waals surface area (Å²) in [5.41, 5.74) is -0.111. The minimum Gasteiger partial charge on any atom is -0.476 e. The fourth-order valence-electron chi connectivity index (χ4n) is 1.06. The van der Waals surface area contributed by atoms with E-state index in [4.69, 9.17) is 5.11 Å². The normalized spacial score (nSPS) is 9.76. The molecule has 0 saturated heterocycles. The summed E-state index contributed by atoms with van der Waals surface area (Å²) in [5.74, 6) is -0.666. The number of nitrogens with one attached hydrogen (secondary N) is 1. The molecule has 0 fully saturated rings. The minimum atomic E-state index is -1.12. The molecule has 0 aliphatic carbocycles. The molecule has 0 spiro atoms. The third-order valence-electron chi connectivity index (χ3n) is 2.03. The van der Waals surface area contributed by atoms with Crippen LogP contribution in [0.4, 0.5) is 5.82 Å². The Morgan fingerprint density at radius 1 is 1.35 bits per heavy atom. The van der Waals surface area contributed by atoms with Crippen LogP contribution >= 0.6 is 0 Å². The quantitative estimate of drug-likeness (QED) is 0.753. The monoisotopic (exact) mass is 238 g/mol. The lowest BCUT2D eigenvalue weighted by Gasteiger charge is -2.10. The van der Waals surface area contributed by atoms with Crippen molar-refractivity contribution >= 4 is 17.7 Å². The molecule has 0 bridgehead atoms. The number of amides is 1. The van der Waals surface area contributed by atoms with E-state index in [0.29, 0.717) is 18.8 Å². The predicted octanol–water partition coefficient (Wildman–Crippen LogP) is 0.0650. The topological polar surface area (TPSA) is 95.4 Å². The number of carbonyl (C=O) groups is 2. The Kier molecular flexibility index (Phi) is 4.38. The average molecular weight is 238 g/mol. The number of rotatable bonds is 5. The lowest BCUT2D eigenvalue weighted by molar-refractivity contribution is -0.128. The highest BCUT2D eigenvalue weighted by molar-refractivity contribution is 5.85. The molecule has 7 nitrogen and oxygen atoms in total. The molecule has 0 radical (unpaired) electrons. The molecular weight excluding hydrogens is 224 g/mol. The van der Waals surface area contributed by atoms with Gasteiger partial charge in [-0.1, -0.05) is 0 Å². The smallest absolute Gasteiger partial charge is 0.356 e. The summed E-state index contributed by atoms with van der Waals surface area (Å²) in [6, 6.07) is 2.86. The molecule has 92 valence electrons. The van der Waals surface area contributed by atoms with Crippen LogP contribution in [0.2, 0.25) is 0 Å². The Balaban J connectivity index is 2.42. The molecule has 2 N–H and O–H groups in total. The summed E-state index contributed by atoms with van der Waals surface area (Å²) in [7, 11) is 3.37. The van der Waals surface area contributed by atoms with Crippen molar-refractivity contribution in [3.8, 4) is 0 Å². The second kappa shape index (κ2) is 5.78. The van der Waals surface area contributed by atoms with Crippen molar-refractivity contribution in [2.75, 3.05) is 26.0 Å². The van der Waals surface area contributed by atoms with E-state index in [1.165, 1.54) is 17.0 Å². The number of aromatic nitrogens is 2. The molecule has 7 heteroatoms. The predicted molar refractivity (Wildman–Crippen MR) is 60.8 cm³/mol. The van der Waals surface area contributed by atoms with Gasteiger partial charge < -0.3 is 15.3 Å². The van der Waals surface area contributed by atoms with Gasteiger partial charge in [0.25, 0.3) is 0 Å². The molecule has 1 amide bonds. The molecular formula is C10H14N4O3. The Morgan fingerprint density at radius 3 is 2.53 bits per heavy atom. The largest absolute Gasteiger partial charge is 0.476 e. The van der Waals surface area contributed by atoms with Crippen molar-refractivity contribution in [3.63, 3.8) is 0 Å². The van der Waals surface area contributed by atoms with Crippen LogP contribution in [-0.4, -0.2) is 52.7 Å². The van der Waals surface area contributed by atoms with Gasteiger partial charge in [-0.15, -0.1) is 10.2 Å². The minimum absolute atomic E-state index is 0.00705. The van der Waals surface area contributed by atoms with Gasteiger partial charge in [-0.3, -0.25) is 4.79 Å². The Bertz CT molecular complexity index is 403. The van der Waals surface area contributed by atoms with E-state index < -0.39 is 5.97 Å². The number of anilines is 1. The van der Waals surface area contributed by atoms with Crippen LogP contribution in [0.1, 0.15) is 16.9 Å². The number of carbonyl (C=O) groups excluding carboxylic acids is 1. The average Bonchev–Trinajstić information content (AvgIpc) is 2.29. The third kappa shape index (κ3) is 4.06. The third-order valence-corrected chi connectivity index (χ3v) is 2.03. The zero-order chi connectivity index (χ0) is 12.8. The molecule has 0 unspecified atom stereocenters. The van der Waals surface area contributed by atoms with Gasteiger partial charge in [0.15, 0.2) is 5.69 Å². The van der Waals surface area contributed by atoms with Crippen molar-refractivity contribution in [3.05, 3.63) is 17.8 Å². The van der Waals surface area contributed by atoms with Gasteiger partial charge in [0, 0.05) is 27.1 Å². The SMILES string of the molecule is CN(C)C(=O)CCNc1ccc(C(=O)O)nn1. The van der Waals surface area contributed by atoms with Crippen LogP contribution < -0.4 is 5.32 Å². The van der Waals surface area contributed by atoms with E-state index in [1.807, 2.05) is 0 Å². The van der Waals surface area contributed by atoms with E-state index in [-0.39, 0.29) is 11.6 Å². The molecule has 1 aromatic heterocycles. The summed E-state index contributed by atoms with van der Waals surface area (Å²) in [6.45, 7) is 0.429. The highest BCUT2D eigenvalue weighted by Crippen LogP contribution is 2.02. The number of carboxylic acids is 1. The van der Waals surface area contributed by atoms with E-state index in [0.717, 1.165) is 0 Å². The Morgan fingerprint density at radius 2 is 2.06 bits per heavy atom.